The molecule has 0 N–H and O–H groups in total. The first-order chi connectivity index (χ1) is 20.4. The molecule has 0 aliphatic carbocycles. The van der Waals surface area contributed by atoms with Crippen LogP contribution >= 0.6 is 12.8 Å². The number of aromatic nitrogens is 2. The van der Waals surface area contributed by atoms with Crippen molar-refractivity contribution in [1.82, 2.24) is 13.9 Å². The number of carbonyl (C=O) groups excluding carboxylic acids is 2. The third-order valence-electron chi connectivity index (χ3n) is 7.34. The van der Waals surface area contributed by atoms with Crippen molar-refractivity contribution in [3.05, 3.63) is 125 Å². The maximum atomic E-state index is 13.0. The lowest BCUT2D eigenvalue weighted by Gasteiger charge is -2.15. The Morgan fingerprint density at radius 1 is 0.905 bits per heavy atom. The van der Waals surface area contributed by atoms with Crippen LogP contribution in [0.1, 0.15) is 63.5 Å². The molecule has 7 heteroatoms. The molecule has 5 aromatic rings. The minimum absolute atomic E-state index is 0.124. The normalized spacial score (nSPS) is 11.0. The Balaban J connectivity index is 1.42. The first-order valence-electron chi connectivity index (χ1n) is 14.3. The summed E-state index contributed by atoms with van der Waals surface area (Å²) in [6, 6.07) is 29.3. The Morgan fingerprint density at radius 2 is 1.62 bits per heavy atom. The Morgan fingerprint density at radius 3 is 2.33 bits per heavy atom. The monoisotopic (exact) mass is 577 g/mol. The highest BCUT2D eigenvalue weighted by molar-refractivity contribution is 7.78. The number of benzene rings is 4. The van der Waals surface area contributed by atoms with E-state index in [0.717, 1.165) is 57.5 Å². The molecule has 0 spiro atoms. The van der Waals surface area contributed by atoms with Gasteiger partial charge in [0.2, 0.25) is 0 Å². The van der Waals surface area contributed by atoms with Crippen LogP contribution in [-0.4, -0.2) is 32.3 Å². The summed E-state index contributed by atoms with van der Waals surface area (Å²) < 4.78 is 9.25. The number of hydrogen-bond acceptors (Lipinski definition) is 5. The maximum absolute atomic E-state index is 13.0. The van der Waals surface area contributed by atoms with Crippen molar-refractivity contribution in [2.24, 2.45) is 0 Å². The molecule has 214 valence electrons. The molecule has 0 saturated heterocycles. The number of nitrogens with zero attached hydrogens (tertiary/aromatic N) is 3. The van der Waals surface area contributed by atoms with Crippen LogP contribution < -0.4 is 0 Å². The van der Waals surface area contributed by atoms with E-state index in [-0.39, 0.29) is 18.5 Å². The first-order valence-corrected chi connectivity index (χ1v) is 14.7. The number of carbonyl (C=O) groups is 2. The molecule has 1 aromatic heterocycles. The second-order valence-corrected chi connectivity index (χ2v) is 10.8. The maximum Gasteiger partial charge on any atom is 0.339 e. The fourth-order valence-electron chi connectivity index (χ4n) is 5.13. The van der Waals surface area contributed by atoms with Gasteiger partial charge >= 0.3 is 5.97 Å². The predicted molar refractivity (Wildman–Crippen MR) is 171 cm³/mol. The summed E-state index contributed by atoms with van der Waals surface area (Å²) in [6.45, 7) is 7.39. The van der Waals surface area contributed by atoms with Crippen LogP contribution in [0.4, 0.5) is 0 Å². The molecular weight excluding hydrogens is 542 g/mol. The quantitative estimate of drug-likeness (QED) is 0.137. The van der Waals surface area contributed by atoms with E-state index >= 15 is 0 Å². The van der Waals surface area contributed by atoms with Gasteiger partial charge in [0.05, 0.1) is 16.6 Å². The van der Waals surface area contributed by atoms with E-state index < -0.39 is 0 Å². The lowest BCUT2D eigenvalue weighted by Crippen LogP contribution is -2.21. The lowest BCUT2D eigenvalue weighted by atomic mass is 9.98. The van der Waals surface area contributed by atoms with Crippen LogP contribution in [0.3, 0.4) is 0 Å². The van der Waals surface area contributed by atoms with Crippen LogP contribution in [0.15, 0.2) is 91.0 Å². The molecule has 0 unspecified atom stereocenters. The van der Waals surface area contributed by atoms with Crippen LogP contribution in [0.5, 0.6) is 0 Å². The molecule has 0 aliphatic heterocycles. The van der Waals surface area contributed by atoms with Gasteiger partial charge in [0.25, 0.3) is 5.91 Å². The van der Waals surface area contributed by atoms with Crippen molar-refractivity contribution in [3.63, 3.8) is 0 Å². The van der Waals surface area contributed by atoms with Gasteiger partial charge < -0.3 is 9.30 Å². The van der Waals surface area contributed by atoms with E-state index in [0.29, 0.717) is 24.2 Å². The van der Waals surface area contributed by atoms with Crippen molar-refractivity contribution in [2.45, 2.75) is 46.8 Å². The minimum atomic E-state index is -0.351. The zero-order valence-electron chi connectivity index (χ0n) is 24.2. The van der Waals surface area contributed by atoms with Crippen molar-refractivity contribution < 1.29 is 14.3 Å². The largest absolute Gasteiger partial charge is 0.457 e. The van der Waals surface area contributed by atoms with Gasteiger partial charge in [-0.25, -0.2) is 9.78 Å². The molecule has 0 atom stereocenters. The second-order valence-electron chi connectivity index (χ2n) is 10.4. The molecule has 0 saturated carbocycles. The molecule has 0 aliphatic rings. The minimum Gasteiger partial charge on any atom is -0.457 e. The zero-order valence-corrected chi connectivity index (χ0v) is 25.1. The Labute approximate surface area is 252 Å². The number of thiol groups is 1. The van der Waals surface area contributed by atoms with Crippen molar-refractivity contribution >= 4 is 35.7 Å². The fraction of sp³-hybridized carbons (Fsp3) is 0.229. The standard InChI is InChI=1S/C35H35N3O3S/c1-4-11-32-36-33-24(3)20-28(34(39)38(42)5-2)21-31(33)37(32)22-25-16-18-27(19-17-25)29-14-9-10-15-30(29)35(40)41-23-26-12-7-6-8-13-26/h6-10,12-21,42H,4-5,11,22-23H2,1-3H3. The van der Waals surface area contributed by atoms with E-state index in [4.69, 9.17) is 9.72 Å². The van der Waals surface area contributed by atoms with Crippen LogP contribution in [0, 0.1) is 6.92 Å². The molecular formula is C35H35N3O3S. The molecule has 1 heterocycles. The van der Waals surface area contributed by atoms with Crippen LogP contribution in [0.2, 0.25) is 0 Å². The fourth-order valence-corrected chi connectivity index (χ4v) is 5.25. The number of fused-ring (bicyclic) bond motifs is 1. The van der Waals surface area contributed by atoms with Gasteiger partial charge in [0.1, 0.15) is 12.4 Å². The highest BCUT2D eigenvalue weighted by atomic mass is 32.1. The van der Waals surface area contributed by atoms with Crippen molar-refractivity contribution in [1.29, 1.82) is 0 Å². The molecule has 0 bridgehead atoms. The van der Waals surface area contributed by atoms with E-state index in [9.17, 15) is 9.59 Å². The van der Waals surface area contributed by atoms with Gasteiger partial charge in [-0.3, -0.25) is 9.10 Å². The number of imidazole rings is 1. The average Bonchev–Trinajstić information content (AvgIpc) is 3.37. The third kappa shape index (κ3) is 6.26. The highest BCUT2D eigenvalue weighted by Gasteiger charge is 2.19. The van der Waals surface area contributed by atoms with Gasteiger partial charge in [0, 0.05) is 25.1 Å². The highest BCUT2D eigenvalue weighted by Crippen LogP contribution is 2.28. The summed E-state index contributed by atoms with van der Waals surface area (Å²) in [7, 11) is 0. The molecule has 0 fully saturated rings. The zero-order chi connectivity index (χ0) is 29.6. The summed E-state index contributed by atoms with van der Waals surface area (Å²) in [6.07, 6.45) is 1.80. The van der Waals surface area contributed by atoms with Gasteiger partial charge in [-0.1, -0.05) is 92.5 Å². The molecule has 4 aromatic carbocycles. The molecule has 6 nitrogen and oxygen atoms in total. The number of amides is 1. The molecule has 1 amide bonds. The van der Waals surface area contributed by atoms with Crippen LogP contribution in [0.25, 0.3) is 22.2 Å². The first kappa shape index (κ1) is 29.1. The number of rotatable bonds is 10. The smallest absolute Gasteiger partial charge is 0.339 e. The average molecular weight is 578 g/mol. The van der Waals surface area contributed by atoms with Crippen molar-refractivity contribution in [3.8, 4) is 11.1 Å². The summed E-state index contributed by atoms with van der Waals surface area (Å²) in [5.74, 6) is 0.520. The number of hydrogen-bond donors (Lipinski definition) is 1. The summed E-state index contributed by atoms with van der Waals surface area (Å²) in [4.78, 5) is 30.9. The van der Waals surface area contributed by atoms with Gasteiger partial charge in [0.15, 0.2) is 0 Å². The van der Waals surface area contributed by atoms with E-state index in [2.05, 4.69) is 36.4 Å². The number of esters is 1. The topological polar surface area (TPSA) is 64.4 Å². The van der Waals surface area contributed by atoms with Crippen molar-refractivity contribution in [2.75, 3.05) is 6.54 Å². The lowest BCUT2D eigenvalue weighted by molar-refractivity contribution is 0.0473. The Hall–Kier alpha value is -4.36. The van der Waals surface area contributed by atoms with E-state index in [1.807, 2.05) is 86.6 Å². The number of ether oxygens (including phenoxy) is 1. The Kier molecular flexibility index (Phi) is 9.08. The summed E-state index contributed by atoms with van der Waals surface area (Å²) in [5, 5.41) is 0. The van der Waals surface area contributed by atoms with E-state index in [1.54, 1.807) is 6.07 Å². The number of aryl methyl sites for hydroxylation is 2. The van der Waals surface area contributed by atoms with Gasteiger partial charge in [-0.15, -0.1) is 0 Å². The van der Waals surface area contributed by atoms with E-state index in [1.165, 1.54) is 4.31 Å². The summed E-state index contributed by atoms with van der Waals surface area (Å²) >= 11 is 4.33. The predicted octanol–water partition coefficient (Wildman–Crippen LogP) is 7.68. The van der Waals surface area contributed by atoms with Gasteiger partial charge in [-0.05, 0) is 66.3 Å². The molecule has 0 radical (unpaired) electrons. The van der Waals surface area contributed by atoms with Crippen LogP contribution in [-0.2, 0) is 24.3 Å². The Bertz CT molecular complexity index is 1710. The van der Waals surface area contributed by atoms with Gasteiger partial charge in [-0.2, -0.15) is 0 Å². The SMILES string of the molecule is CCCc1nc2c(C)cc(C(=O)N(S)CC)cc2n1Cc1ccc(-c2ccccc2C(=O)OCc2ccccc2)cc1. The molecule has 5 rings (SSSR count). The second kappa shape index (κ2) is 13.1. The molecule has 42 heavy (non-hydrogen) atoms. The summed E-state index contributed by atoms with van der Waals surface area (Å²) in [5.41, 5.74) is 7.76. The third-order valence-corrected chi connectivity index (χ3v) is 7.81.